The summed E-state index contributed by atoms with van der Waals surface area (Å²) in [7, 11) is 4.53. The fraction of sp³-hybridized carbons (Fsp3) is 0.300. The summed E-state index contributed by atoms with van der Waals surface area (Å²) in [5, 5.41) is -0.125. The zero-order chi connectivity index (χ0) is 19.4. The smallest absolute Gasteiger partial charge is 0.337 e. The minimum atomic E-state index is -0.380. The number of methoxy groups -OCH3 is 3. The van der Waals surface area contributed by atoms with Gasteiger partial charge in [0.15, 0.2) is 11.5 Å². The van der Waals surface area contributed by atoms with Crippen LogP contribution >= 0.6 is 11.8 Å². The molecule has 1 heterocycles. The maximum absolute atomic E-state index is 12.5. The Bertz CT molecular complexity index is 837. The van der Waals surface area contributed by atoms with Crippen LogP contribution in [0.1, 0.15) is 26.9 Å². The third-order valence-corrected chi connectivity index (χ3v) is 5.67. The van der Waals surface area contributed by atoms with E-state index in [1.807, 2.05) is 35.2 Å². The monoisotopic (exact) mass is 387 g/mol. The van der Waals surface area contributed by atoms with Gasteiger partial charge >= 0.3 is 5.97 Å². The standard InChI is InChI=1S/C20H21NO5S/c1-24-16-6-4-5-15(18(16)25-2)11-21-17(22)12-27-19(21)13-7-9-14(10-8-13)20(23)26-3/h4-10,19H,11-12H2,1-3H3. The summed E-state index contributed by atoms with van der Waals surface area (Å²) in [6.45, 7) is 0.412. The van der Waals surface area contributed by atoms with Crippen LogP contribution in [0.15, 0.2) is 42.5 Å². The first-order valence-corrected chi connectivity index (χ1v) is 9.43. The minimum absolute atomic E-state index is 0.0620. The average Bonchev–Trinajstić information content (AvgIpc) is 3.07. The first-order valence-electron chi connectivity index (χ1n) is 8.38. The molecule has 1 fully saturated rings. The van der Waals surface area contributed by atoms with Crippen LogP contribution in [0.4, 0.5) is 0 Å². The third-order valence-electron chi connectivity index (χ3n) is 4.41. The maximum Gasteiger partial charge on any atom is 0.337 e. The lowest BCUT2D eigenvalue weighted by molar-refractivity contribution is -0.128. The second-order valence-corrected chi connectivity index (χ2v) is 7.02. The van der Waals surface area contributed by atoms with E-state index in [0.717, 1.165) is 11.1 Å². The molecule has 0 spiro atoms. The van der Waals surface area contributed by atoms with Crippen molar-refractivity contribution >= 4 is 23.6 Å². The van der Waals surface area contributed by atoms with Gasteiger partial charge in [0.1, 0.15) is 5.37 Å². The van der Waals surface area contributed by atoms with Crippen molar-refractivity contribution in [3.05, 3.63) is 59.2 Å². The molecule has 1 amide bonds. The fourth-order valence-corrected chi connectivity index (χ4v) is 4.25. The van der Waals surface area contributed by atoms with E-state index in [-0.39, 0.29) is 17.3 Å². The van der Waals surface area contributed by atoms with Crippen LogP contribution in [0, 0.1) is 0 Å². The Morgan fingerprint density at radius 3 is 2.48 bits per heavy atom. The van der Waals surface area contributed by atoms with Crippen molar-refractivity contribution in [2.45, 2.75) is 11.9 Å². The highest BCUT2D eigenvalue weighted by atomic mass is 32.2. The number of rotatable bonds is 6. The number of benzene rings is 2. The van der Waals surface area contributed by atoms with Gasteiger partial charge in [-0.1, -0.05) is 24.3 Å². The van der Waals surface area contributed by atoms with Crippen LogP contribution in [0.5, 0.6) is 11.5 Å². The largest absolute Gasteiger partial charge is 0.493 e. The maximum atomic E-state index is 12.5. The van der Waals surface area contributed by atoms with E-state index in [4.69, 9.17) is 14.2 Å². The number of ether oxygens (including phenoxy) is 3. The first kappa shape index (κ1) is 19.1. The van der Waals surface area contributed by atoms with Gasteiger partial charge in [0.25, 0.3) is 0 Å². The molecule has 0 N–H and O–H groups in total. The molecule has 0 saturated carbocycles. The number of para-hydroxylation sites is 1. The van der Waals surface area contributed by atoms with Gasteiger partial charge in [-0.15, -0.1) is 11.8 Å². The molecule has 0 aromatic heterocycles. The second kappa shape index (κ2) is 8.35. The number of hydrogen-bond acceptors (Lipinski definition) is 6. The topological polar surface area (TPSA) is 65.1 Å². The second-order valence-electron chi connectivity index (χ2n) is 5.95. The third kappa shape index (κ3) is 3.88. The number of carbonyl (C=O) groups is 2. The zero-order valence-corrected chi connectivity index (χ0v) is 16.2. The molecule has 1 unspecified atom stereocenters. The fourth-order valence-electron chi connectivity index (χ4n) is 3.06. The van der Waals surface area contributed by atoms with Crippen molar-refractivity contribution < 1.29 is 23.8 Å². The summed E-state index contributed by atoms with van der Waals surface area (Å²) in [4.78, 5) is 25.9. The van der Waals surface area contributed by atoms with Gasteiger partial charge in [-0.05, 0) is 23.8 Å². The van der Waals surface area contributed by atoms with Crippen molar-refractivity contribution in [2.75, 3.05) is 27.1 Å². The Hall–Kier alpha value is -2.67. The minimum Gasteiger partial charge on any atom is -0.493 e. The van der Waals surface area contributed by atoms with E-state index >= 15 is 0 Å². The van der Waals surface area contributed by atoms with Gasteiger partial charge in [0.2, 0.25) is 5.91 Å². The molecule has 1 aliphatic rings. The predicted molar refractivity (Wildman–Crippen MR) is 103 cm³/mol. The number of esters is 1. The Labute approximate surface area is 162 Å². The lowest BCUT2D eigenvalue weighted by Crippen LogP contribution is -2.28. The summed E-state index contributed by atoms with van der Waals surface area (Å²) >= 11 is 1.56. The Balaban J connectivity index is 1.86. The molecule has 2 aromatic rings. The molecule has 1 saturated heterocycles. The van der Waals surface area contributed by atoms with Crippen LogP contribution in [-0.4, -0.2) is 43.9 Å². The molecule has 1 atom stereocenters. The molecule has 142 valence electrons. The summed E-state index contributed by atoms with van der Waals surface area (Å²) in [6, 6.07) is 12.8. The van der Waals surface area contributed by atoms with Gasteiger partial charge in [0.05, 0.1) is 39.2 Å². The molecule has 0 aliphatic carbocycles. The molecule has 27 heavy (non-hydrogen) atoms. The Kier molecular flexibility index (Phi) is 5.91. The van der Waals surface area contributed by atoms with Crippen LogP contribution in [0.3, 0.4) is 0 Å². The molecule has 3 rings (SSSR count). The van der Waals surface area contributed by atoms with Gasteiger partial charge in [-0.2, -0.15) is 0 Å². The summed E-state index contributed by atoms with van der Waals surface area (Å²) in [5.74, 6) is 1.36. The molecule has 6 nitrogen and oxygen atoms in total. The van der Waals surface area contributed by atoms with Gasteiger partial charge in [-0.3, -0.25) is 4.79 Å². The Morgan fingerprint density at radius 1 is 1.11 bits per heavy atom. The van der Waals surface area contributed by atoms with E-state index in [2.05, 4.69) is 0 Å². The number of nitrogens with zero attached hydrogens (tertiary/aromatic N) is 1. The lowest BCUT2D eigenvalue weighted by Gasteiger charge is -2.25. The van der Waals surface area contributed by atoms with Gasteiger partial charge in [-0.25, -0.2) is 4.79 Å². The van der Waals surface area contributed by atoms with Crippen molar-refractivity contribution in [1.82, 2.24) is 4.90 Å². The van der Waals surface area contributed by atoms with Crippen LogP contribution in [0.2, 0.25) is 0 Å². The van der Waals surface area contributed by atoms with Crippen molar-refractivity contribution in [3.8, 4) is 11.5 Å². The molecule has 0 radical (unpaired) electrons. The zero-order valence-electron chi connectivity index (χ0n) is 15.4. The summed E-state index contributed by atoms with van der Waals surface area (Å²) < 4.78 is 15.6. The van der Waals surface area contributed by atoms with Crippen molar-refractivity contribution in [1.29, 1.82) is 0 Å². The van der Waals surface area contributed by atoms with E-state index in [9.17, 15) is 9.59 Å². The van der Waals surface area contributed by atoms with Crippen molar-refractivity contribution in [3.63, 3.8) is 0 Å². The lowest BCUT2D eigenvalue weighted by atomic mass is 10.1. The van der Waals surface area contributed by atoms with E-state index < -0.39 is 0 Å². The summed E-state index contributed by atoms with van der Waals surface area (Å²) in [6.07, 6.45) is 0. The van der Waals surface area contributed by atoms with Gasteiger partial charge in [0, 0.05) is 5.56 Å². The quantitative estimate of drug-likeness (QED) is 0.709. The van der Waals surface area contributed by atoms with Gasteiger partial charge < -0.3 is 19.1 Å². The average molecular weight is 387 g/mol. The Morgan fingerprint density at radius 2 is 1.85 bits per heavy atom. The number of carbonyl (C=O) groups excluding carboxylic acids is 2. The van der Waals surface area contributed by atoms with E-state index in [1.54, 1.807) is 38.1 Å². The molecule has 0 bridgehead atoms. The van der Waals surface area contributed by atoms with Crippen LogP contribution in [-0.2, 0) is 16.1 Å². The highest BCUT2D eigenvalue weighted by Crippen LogP contribution is 2.41. The van der Waals surface area contributed by atoms with Crippen LogP contribution in [0.25, 0.3) is 0 Å². The first-order chi connectivity index (χ1) is 13.1. The van der Waals surface area contributed by atoms with E-state index in [0.29, 0.717) is 29.4 Å². The molecule has 2 aromatic carbocycles. The molecular weight excluding hydrogens is 366 g/mol. The highest BCUT2D eigenvalue weighted by molar-refractivity contribution is 8.00. The molecule has 7 heteroatoms. The SMILES string of the molecule is COC(=O)c1ccc(C2SCC(=O)N2Cc2cccc(OC)c2OC)cc1. The predicted octanol–water partition coefficient (Wildman–Crippen LogP) is 3.26. The molecular formula is C20H21NO5S. The normalized spacial score (nSPS) is 16.3. The highest BCUT2D eigenvalue weighted by Gasteiger charge is 2.33. The van der Waals surface area contributed by atoms with E-state index in [1.165, 1.54) is 7.11 Å². The number of hydrogen-bond donors (Lipinski definition) is 0. The molecule has 1 aliphatic heterocycles. The number of thioether (sulfide) groups is 1. The summed E-state index contributed by atoms with van der Waals surface area (Å²) in [5.41, 5.74) is 2.32. The number of amides is 1. The van der Waals surface area contributed by atoms with Crippen molar-refractivity contribution in [2.24, 2.45) is 0 Å². The van der Waals surface area contributed by atoms with Crippen LogP contribution < -0.4 is 9.47 Å².